The second-order valence-corrected chi connectivity index (χ2v) is 5.22. The number of nitrogens with zero attached hydrogens (tertiary/aromatic N) is 3. The highest BCUT2D eigenvalue weighted by Gasteiger charge is 2.22. The highest BCUT2D eigenvalue weighted by molar-refractivity contribution is 6.31. The van der Waals surface area contributed by atoms with E-state index in [2.05, 4.69) is 10.4 Å². The van der Waals surface area contributed by atoms with Crippen LogP contribution < -0.4 is 5.32 Å². The van der Waals surface area contributed by atoms with Crippen LogP contribution in [0.3, 0.4) is 0 Å². The zero-order chi connectivity index (χ0) is 16.4. The van der Waals surface area contributed by atoms with Gasteiger partial charge in [-0.2, -0.15) is 5.10 Å². The number of hydrogen-bond acceptors (Lipinski definition) is 5. The zero-order valence-corrected chi connectivity index (χ0v) is 12.5. The fourth-order valence-electron chi connectivity index (χ4n) is 1.91. The molecular weight excluding hydrogens is 312 g/mol. The van der Waals surface area contributed by atoms with Gasteiger partial charge in [0.15, 0.2) is 0 Å². The Morgan fingerprint density at radius 3 is 2.77 bits per heavy atom. The van der Waals surface area contributed by atoms with Crippen LogP contribution in [0.4, 0.5) is 11.4 Å². The third-order valence-corrected chi connectivity index (χ3v) is 3.11. The van der Waals surface area contributed by atoms with Crippen LogP contribution in [0, 0.1) is 10.1 Å². The number of halogens is 1. The van der Waals surface area contributed by atoms with Gasteiger partial charge in [0.2, 0.25) is 5.75 Å². The predicted molar refractivity (Wildman–Crippen MR) is 80.3 cm³/mol. The van der Waals surface area contributed by atoms with Crippen molar-refractivity contribution in [1.82, 2.24) is 9.78 Å². The summed E-state index contributed by atoms with van der Waals surface area (Å²) in [6.45, 7) is 3.71. The van der Waals surface area contributed by atoms with Crippen molar-refractivity contribution in [1.29, 1.82) is 0 Å². The van der Waals surface area contributed by atoms with E-state index < -0.39 is 22.3 Å². The van der Waals surface area contributed by atoms with Gasteiger partial charge in [0.25, 0.3) is 5.91 Å². The van der Waals surface area contributed by atoms with Crippen LogP contribution in [-0.2, 0) is 0 Å². The molecule has 2 aromatic rings. The summed E-state index contributed by atoms with van der Waals surface area (Å²) in [6.07, 6.45) is 1.47. The molecule has 0 fully saturated rings. The molecule has 2 rings (SSSR count). The van der Waals surface area contributed by atoms with E-state index >= 15 is 0 Å². The Kier molecular flexibility index (Phi) is 4.32. The molecule has 0 spiro atoms. The molecule has 1 heterocycles. The number of phenols is 1. The normalized spacial score (nSPS) is 10.7. The third-order valence-electron chi connectivity index (χ3n) is 2.89. The number of rotatable bonds is 4. The van der Waals surface area contributed by atoms with Crippen molar-refractivity contribution in [3.05, 3.63) is 45.2 Å². The molecule has 0 saturated carbocycles. The van der Waals surface area contributed by atoms with Gasteiger partial charge in [-0.1, -0.05) is 11.6 Å². The Bertz CT molecular complexity index is 742. The Hall–Kier alpha value is -2.61. The number of nitro benzene ring substituents is 1. The smallest absolute Gasteiger partial charge is 0.314 e. The summed E-state index contributed by atoms with van der Waals surface area (Å²) >= 11 is 5.77. The average Bonchev–Trinajstić information content (AvgIpc) is 2.91. The maximum Gasteiger partial charge on any atom is 0.314 e. The summed E-state index contributed by atoms with van der Waals surface area (Å²) in [5.41, 5.74) is -0.460. The lowest BCUT2D eigenvalue weighted by atomic mass is 10.2. The first-order chi connectivity index (χ1) is 10.3. The molecule has 0 aliphatic carbocycles. The second-order valence-electron chi connectivity index (χ2n) is 4.79. The molecule has 2 N–H and O–H groups in total. The molecule has 22 heavy (non-hydrogen) atoms. The van der Waals surface area contributed by atoms with Gasteiger partial charge in [0, 0.05) is 23.3 Å². The van der Waals surface area contributed by atoms with E-state index in [1.807, 2.05) is 13.8 Å². The molecule has 0 unspecified atom stereocenters. The zero-order valence-electron chi connectivity index (χ0n) is 11.8. The van der Waals surface area contributed by atoms with Crippen LogP contribution in [0.2, 0.25) is 5.02 Å². The minimum absolute atomic E-state index is 0.0252. The number of carbonyl (C=O) groups excluding carboxylic acids is 1. The van der Waals surface area contributed by atoms with Crippen molar-refractivity contribution in [2.75, 3.05) is 5.32 Å². The van der Waals surface area contributed by atoms with E-state index in [-0.39, 0.29) is 22.4 Å². The van der Waals surface area contributed by atoms with Gasteiger partial charge in [-0.25, -0.2) is 0 Å². The quantitative estimate of drug-likeness (QED) is 0.510. The molecule has 0 saturated heterocycles. The van der Waals surface area contributed by atoms with Crippen molar-refractivity contribution in [3.63, 3.8) is 0 Å². The lowest BCUT2D eigenvalue weighted by Crippen LogP contribution is -2.19. The number of anilines is 1. The Balaban J connectivity index is 2.37. The number of carbonyl (C=O) groups is 1. The fraction of sp³-hybridized carbons (Fsp3) is 0.231. The lowest BCUT2D eigenvalue weighted by molar-refractivity contribution is -0.385. The van der Waals surface area contributed by atoms with Crippen molar-refractivity contribution in [2.24, 2.45) is 0 Å². The summed E-state index contributed by atoms with van der Waals surface area (Å²) in [7, 11) is 0. The lowest BCUT2D eigenvalue weighted by Gasteiger charge is -2.12. The maximum atomic E-state index is 12.2. The van der Waals surface area contributed by atoms with E-state index in [0.717, 1.165) is 6.07 Å². The summed E-state index contributed by atoms with van der Waals surface area (Å²) in [6, 6.07) is 3.70. The molecule has 116 valence electrons. The van der Waals surface area contributed by atoms with E-state index in [0.29, 0.717) is 0 Å². The Morgan fingerprint density at radius 2 is 2.18 bits per heavy atom. The maximum absolute atomic E-state index is 12.2. The third kappa shape index (κ3) is 3.01. The van der Waals surface area contributed by atoms with Gasteiger partial charge >= 0.3 is 5.69 Å². The Labute approximate surface area is 130 Å². The van der Waals surface area contributed by atoms with Gasteiger partial charge in [0.05, 0.1) is 10.6 Å². The number of benzene rings is 1. The standard InChI is InChI=1S/C13H13ClN4O4/c1-7(2)17-10(3-4-15-17)13(20)16-9-5-8(14)6-11(12(9)19)18(21)22/h3-7,19H,1-2H3,(H,16,20). The predicted octanol–water partition coefficient (Wildman–Crippen LogP) is 2.98. The molecule has 1 amide bonds. The van der Waals surface area contributed by atoms with E-state index in [1.54, 1.807) is 0 Å². The Morgan fingerprint density at radius 1 is 1.50 bits per heavy atom. The molecule has 8 nitrogen and oxygen atoms in total. The number of amides is 1. The molecule has 0 radical (unpaired) electrons. The summed E-state index contributed by atoms with van der Waals surface area (Å²) in [5.74, 6) is -1.21. The van der Waals surface area contributed by atoms with Gasteiger partial charge in [-0.05, 0) is 26.0 Å². The van der Waals surface area contributed by atoms with Crippen molar-refractivity contribution >= 4 is 28.9 Å². The fourth-order valence-corrected chi connectivity index (χ4v) is 2.12. The van der Waals surface area contributed by atoms with E-state index in [1.165, 1.54) is 23.0 Å². The molecule has 0 aliphatic rings. The average molecular weight is 325 g/mol. The van der Waals surface area contributed by atoms with E-state index in [4.69, 9.17) is 11.6 Å². The van der Waals surface area contributed by atoms with Crippen LogP contribution in [0.15, 0.2) is 24.4 Å². The van der Waals surface area contributed by atoms with Gasteiger partial charge < -0.3 is 10.4 Å². The van der Waals surface area contributed by atoms with E-state index in [9.17, 15) is 20.0 Å². The van der Waals surface area contributed by atoms with Crippen LogP contribution in [0.1, 0.15) is 30.4 Å². The van der Waals surface area contributed by atoms with Crippen LogP contribution in [-0.4, -0.2) is 25.7 Å². The number of hydrogen-bond donors (Lipinski definition) is 2. The molecule has 9 heteroatoms. The number of nitrogens with one attached hydrogen (secondary N) is 1. The minimum Gasteiger partial charge on any atom is -0.501 e. The molecule has 0 atom stereocenters. The van der Waals surface area contributed by atoms with Gasteiger partial charge in [-0.15, -0.1) is 0 Å². The van der Waals surface area contributed by atoms with Crippen molar-refractivity contribution < 1.29 is 14.8 Å². The monoisotopic (exact) mass is 324 g/mol. The topological polar surface area (TPSA) is 110 Å². The minimum atomic E-state index is -0.783. The largest absolute Gasteiger partial charge is 0.501 e. The molecule has 0 bridgehead atoms. The highest BCUT2D eigenvalue weighted by atomic mass is 35.5. The molecule has 0 aliphatic heterocycles. The highest BCUT2D eigenvalue weighted by Crippen LogP contribution is 2.37. The second kappa shape index (κ2) is 6.02. The molecule has 1 aromatic heterocycles. The van der Waals surface area contributed by atoms with Crippen LogP contribution in [0.5, 0.6) is 5.75 Å². The number of phenolic OH excluding ortho intramolecular Hbond substituents is 1. The number of aromatic nitrogens is 2. The molecular formula is C13H13ClN4O4. The van der Waals surface area contributed by atoms with Crippen LogP contribution in [0.25, 0.3) is 0 Å². The van der Waals surface area contributed by atoms with Crippen LogP contribution >= 0.6 is 11.6 Å². The first-order valence-electron chi connectivity index (χ1n) is 6.33. The number of aromatic hydroxyl groups is 1. The van der Waals surface area contributed by atoms with Gasteiger partial charge in [-0.3, -0.25) is 19.6 Å². The van der Waals surface area contributed by atoms with Gasteiger partial charge in [0.1, 0.15) is 5.69 Å². The summed E-state index contributed by atoms with van der Waals surface area (Å²) in [5, 5.41) is 27.2. The van der Waals surface area contributed by atoms with Crippen molar-refractivity contribution in [2.45, 2.75) is 19.9 Å². The first-order valence-corrected chi connectivity index (χ1v) is 6.70. The summed E-state index contributed by atoms with van der Waals surface area (Å²) < 4.78 is 1.49. The van der Waals surface area contributed by atoms with Crippen molar-refractivity contribution in [3.8, 4) is 5.75 Å². The number of nitro groups is 1. The summed E-state index contributed by atoms with van der Waals surface area (Å²) in [4.78, 5) is 22.3. The molecule has 1 aromatic carbocycles. The first kappa shape index (κ1) is 15.8. The SMILES string of the molecule is CC(C)n1nccc1C(=O)Nc1cc(Cl)cc([N+](=O)[O-])c1O.